The van der Waals surface area contributed by atoms with Crippen LogP contribution in [0.5, 0.6) is 0 Å². The summed E-state index contributed by atoms with van der Waals surface area (Å²) in [4.78, 5) is 3.98. The molecule has 0 aliphatic heterocycles. The number of aliphatic hydroxyl groups excluding tert-OH is 1. The van der Waals surface area contributed by atoms with E-state index in [1.165, 1.54) is 0 Å². The van der Waals surface area contributed by atoms with E-state index in [-0.39, 0.29) is 0 Å². The van der Waals surface area contributed by atoms with Crippen LogP contribution in [0.4, 0.5) is 13.2 Å². The minimum atomic E-state index is -4.76. The van der Waals surface area contributed by atoms with E-state index in [0.29, 0.717) is 5.82 Å². The van der Waals surface area contributed by atoms with Crippen molar-refractivity contribution in [3.63, 3.8) is 0 Å². The Morgan fingerprint density at radius 2 is 2.06 bits per heavy atom. The zero-order valence-electron chi connectivity index (χ0n) is 9.26. The normalized spacial score (nSPS) is 13.6. The van der Waals surface area contributed by atoms with E-state index in [0.717, 1.165) is 16.4 Å². The van der Waals surface area contributed by atoms with Crippen molar-refractivity contribution in [1.82, 2.24) is 20.0 Å². The molecule has 1 N–H and O–H groups in total. The Kier molecular flexibility index (Phi) is 3.04. The van der Waals surface area contributed by atoms with Crippen LogP contribution in [-0.4, -0.2) is 31.3 Å². The van der Waals surface area contributed by atoms with Gasteiger partial charge < -0.3 is 5.11 Å². The molecule has 0 saturated heterocycles. The summed E-state index contributed by atoms with van der Waals surface area (Å²) in [5.74, 6) is 0.328. The van der Waals surface area contributed by atoms with Crippen molar-refractivity contribution < 1.29 is 18.3 Å². The molecule has 0 aromatic carbocycles. The first kappa shape index (κ1) is 12.5. The minimum absolute atomic E-state index is 0.328. The molecule has 5 nitrogen and oxygen atoms in total. The van der Waals surface area contributed by atoms with Gasteiger partial charge >= 0.3 is 6.18 Å². The van der Waals surface area contributed by atoms with Crippen LogP contribution >= 0.6 is 0 Å². The van der Waals surface area contributed by atoms with Gasteiger partial charge in [-0.25, -0.2) is 9.67 Å². The lowest BCUT2D eigenvalue weighted by molar-refractivity contribution is -0.208. The molecule has 0 aliphatic carbocycles. The van der Waals surface area contributed by atoms with Crippen LogP contribution < -0.4 is 0 Å². The van der Waals surface area contributed by atoms with Crippen molar-refractivity contribution in [2.75, 3.05) is 0 Å². The smallest absolute Gasteiger partial charge is 0.378 e. The topological polar surface area (TPSA) is 63.8 Å². The standard InChI is InChI=1S/C10H9F3N4O/c1-6-2-3-8(14-4-6)17-5-7(15-16-17)9(18)10(11,12)13/h2-5,9,18H,1H3. The van der Waals surface area contributed by atoms with Crippen LogP contribution in [0.3, 0.4) is 0 Å². The Bertz CT molecular complexity index is 535. The number of aryl methyl sites for hydroxylation is 1. The first-order chi connectivity index (χ1) is 8.38. The lowest BCUT2D eigenvalue weighted by Gasteiger charge is -2.10. The molecular formula is C10H9F3N4O. The van der Waals surface area contributed by atoms with Gasteiger partial charge in [0.15, 0.2) is 11.9 Å². The second kappa shape index (κ2) is 4.37. The molecular weight excluding hydrogens is 249 g/mol. The fourth-order valence-corrected chi connectivity index (χ4v) is 1.28. The van der Waals surface area contributed by atoms with Gasteiger partial charge in [0.1, 0.15) is 5.69 Å². The highest BCUT2D eigenvalue weighted by Gasteiger charge is 2.41. The summed E-state index contributed by atoms with van der Waals surface area (Å²) < 4.78 is 37.8. The summed E-state index contributed by atoms with van der Waals surface area (Å²) in [5, 5.41) is 15.8. The molecule has 1 atom stereocenters. The zero-order chi connectivity index (χ0) is 13.3. The van der Waals surface area contributed by atoms with E-state index in [1.54, 1.807) is 18.3 Å². The highest BCUT2D eigenvalue weighted by atomic mass is 19.4. The van der Waals surface area contributed by atoms with Gasteiger partial charge in [0.25, 0.3) is 0 Å². The fraction of sp³-hybridized carbons (Fsp3) is 0.300. The van der Waals surface area contributed by atoms with Gasteiger partial charge in [-0.05, 0) is 18.6 Å². The third-order valence-electron chi connectivity index (χ3n) is 2.23. The minimum Gasteiger partial charge on any atom is -0.378 e. The van der Waals surface area contributed by atoms with Gasteiger partial charge in [-0.2, -0.15) is 13.2 Å². The summed E-state index contributed by atoms with van der Waals surface area (Å²) in [7, 11) is 0. The maximum atomic E-state index is 12.3. The van der Waals surface area contributed by atoms with E-state index in [4.69, 9.17) is 5.11 Å². The number of aromatic nitrogens is 4. The molecule has 96 valence electrons. The second-order valence-corrected chi connectivity index (χ2v) is 3.73. The van der Waals surface area contributed by atoms with Crippen LogP contribution in [0.15, 0.2) is 24.5 Å². The first-order valence-electron chi connectivity index (χ1n) is 4.98. The van der Waals surface area contributed by atoms with Crippen LogP contribution in [0, 0.1) is 6.92 Å². The number of alkyl halides is 3. The van der Waals surface area contributed by atoms with Crippen LogP contribution in [0.2, 0.25) is 0 Å². The molecule has 18 heavy (non-hydrogen) atoms. The molecule has 0 bridgehead atoms. The molecule has 0 amide bonds. The Morgan fingerprint density at radius 1 is 1.33 bits per heavy atom. The highest BCUT2D eigenvalue weighted by Crippen LogP contribution is 2.31. The predicted octanol–water partition coefficient (Wildman–Crippen LogP) is 1.57. The number of rotatable bonds is 2. The van der Waals surface area contributed by atoms with E-state index in [1.807, 2.05) is 6.92 Å². The number of pyridine rings is 1. The molecule has 0 spiro atoms. The Balaban J connectivity index is 2.28. The molecule has 0 aliphatic rings. The Morgan fingerprint density at radius 3 is 2.61 bits per heavy atom. The number of hydrogen-bond donors (Lipinski definition) is 1. The Hall–Kier alpha value is -1.96. The third-order valence-corrected chi connectivity index (χ3v) is 2.23. The molecule has 2 aromatic rings. The lowest BCUT2D eigenvalue weighted by atomic mass is 10.3. The van der Waals surface area contributed by atoms with Crippen molar-refractivity contribution >= 4 is 0 Å². The summed E-state index contributed by atoms with van der Waals surface area (Å²) in [6, 6.07) is 3.33. The molecule has 1 unspecified atom stereocenters. The van der Waals surface area contributed by atoms with Gasteiger partial charge in [0.05, 0.1) is 6.20 Å². The van der Waals surface area contributed by atoms with Crippen LogP contribution in [0.1, 0.15) is 17.4 Å². The van der Waals surface area contributed by atoms with Gasteiger partial charge in [0, 0.05) is 6.20 Å². The zero-order valence-corrected chi connectivity index (χ0v) is 9.26. The maximum absolute atomic E-state index is 12.3. The van der Waals surface area contributed by atoms with Crippen molar-refractivity contribution in [2.24, 2.45) is 0 Å². The van der Waals surface area contributed by atoms with Crippen molar-refractivity contribution in [3.8, 4) is 5.82 Å². The largest absolute Gasteiger partial charge is 0.420 e. The SMILES string of the molecule is Cc1ccc(-n2cc(C(O)C(F)(F)F)nn2)nc1. The molecule has 2 heterocycles. The average molecular weight is 258 g/mol. The average Bonchev–Trinajstić information content (AvgIpc) is 2.77. The number of aliphatic hydroxyl groups is 1. The summed E-state index contributed by atoms with van der Waals surface area (Å²) >= 11 is 0. The van der Waals surface area contributed by atoms with E-state index >= 15 is 0 Å². The van der Waals surface area contributed by atoms with Crippen LogP contribution in [0.25, 0.3) is 5.82 Å². The first-order valence-corrected chi connectivity index (χ1v) is 4.98. The summed E-state index contributed by atoms with van der Waals surface area (Å²) in [5.41, 5.74) is 0.347. The van der Waals surface area contributed by atoms with Gasteiger partial charge in [-0.15, -0.1) is 5.10 Å². The van der Waals surface area contributed by atoms with Crippen molar-refractivity contribution in [2.45, 2.75) is 19.2 Å². The van der Waals surface area contributed by atoms with Gasteiger partial charge in [-0.3, -0.25) is 0 Å². The molecule has 0 saturated carbocycles. The number of halogens is 3. The van der Waals surface area contributed by atoms with Gasteiger partial charge in [-0.1, -0.05) is 11.3 Å². The molecule has 0 radical (unpaired) electrons. The monoisotopic (exact) mass is 258 g/mol. The lowest BCUT2D eigenvalue weighted by Crippen LogP contribution is -2.20. The second-order valence-electron chi connectivity index (χ2n) is 3.73. The van der Waals surface area contributed by atoms with Crippen LogP contribution in [-0.2, 0) is 0 Å². The number of hydrogen-bond acceptors (Lipinski definition) is 4. The van der Waals surface area contributed by atoms with E-state index < -0.39 is 18.0 Å². The maximum Gasteiger partial charge on any atom is 0.420 e. The Labute approximate surface area is 99.9 Å². The number of nitrogens with zero attached hydrogens (tertiary/aromatic N) is 4. The van der Waals surface area contributed by atoms with Gasteiger partial charge in [0.2, 0.25) is 0 Å². The summed E-state index contributed by atoms with van der Waals surface area (Å²) in [6.07, 6.45) is -4.86. The fourth-order valence-electron chi connectivity index (χ4n) is 1.28. The summed E-state index contributed by atoms with van der Waals surface area (Å²) in [6.45, 7) is 1.83. The predicted molar refractivity (Wildman–Crippen MR) is 54.9 cm³/mol. The molecule has 0 fully saturated rings. The van der Waals surface area contributed by atoms with E-state index in [2.05, 4.69) is 15.3 Å². The molecule has 2 rings (SSSR count). The highest BCUT2D eigenvalue weighted by molar-refractivity contribution is 5.24. The molecule has 2 aromatic heterocycles. The quantitative estimate of drug-likeness (QED) is 0.888. The molecule has 8 heteroatoms. The van der Waals surface area contributed by atoms with Crippen molar-refractivity contribution in [1.29, 1.82) is 0 Å². The third kappa shape index (κ3) is 2.48. The van der Waals surface area contributed by atoms with E-state index in [9.17, 15) is 13.2 Å². The van der Waals surface area contributed by atoms with Crippen molar-refractivity contribution in [3.05, 3.63) is 35.8 Å².